The van der Waals surface area contributed by atoms with E-state index in [2.05, 4.69) is 24.8 Å². The van der Waals surface area contributed by atoms with Crippen molar-refractivity contribution in [2.45, 2.75) is 12.8 Å². The van der Waals surface area contributed by atoms with Gasteiger partial charge in [0.2, 0.25) is 0 Å². The number of nitrogens with zero attached hydrogens (tertiary/aromatic N) is 3. The lowest BCUT2D eigenvalue weighted by atomic mass is 10.2. The largest absolute Gasteiger partial charge is 0.352 e. The number of imidazole rings is 1. The molecule has 2 aromatic carbocycles. The quantitative estimate of drug-likeness (QED) is 0.498. The molecule has 29 heavy (non-hydrogen) atoms. The molecular formula is C22H21N5O2. The molecule has 146 valence electrons. The number of nitrogens with one attached hydrogen (secondary N) is 2. The van der Waals surface area contributed by atoms with E-state index in [0.717, 1.165) is 35.3 Å². The number of aromatic nitrogens is 4. The fraction of sp³-hybridized carbons (Fsp3) is 0.182. The monoisotopic (exact) mass is 387 g/mol. The molecule has 0 aliphatic carbocycles. The van der Waals surface area contributed by atoms with E-state index in [1.54, 1.807) is 0 Å². The maximum Gasteiger partial charge on any atom is 0.264 e. The second-order valence-electron chi connectivity index (χ2n) is 6.78. The Morgan fingerprint density at radius 2 is 1.86 bits per heavy atom. The summed E-state index contributed by atoms with van der Waals surface area (Å²) >= 11 is 0. The van der Waals surface area contributed by atoms with Crippen LogP contribution in [0.4, 0.5) is 0 Å². The lowest BCUT2D eigenvalue weighted by Crippen LogP contribution is -2.31. The molecule has 7 heteroatoms. The Morgan fingerprint density at radius 1 is 1.10 bits per heavy atom. The standard InChI is InChI=1S/C22H21N5O2/c1-27-18-11-6-5-10-17(18)25-19(27)12-7-13-23-21(28)16-14-24-20(26-22(16)29)15-8-3-2-4-9-15/h2-6,8-11,14H,7,12-13H2,1H3,(H,23,28)(H,24,26,29). The van der Waals surface area contributed by atoms with Gasteiger partial charge in [0, 0.05) is 31.8 Å². The van der Waals surface area contributed by atoms with Crippen LogP contribution in [0.5, 0.6) is 0 Å². The van der Waals surface area contributed by atoms with Crippen molar-refractivity contribution < 1.29 is 4.79 Å². The average Bonchev–Trinajstić information content (AvgIpc) is 3.07. The molecule has 0 saturated heterocycles. The Balaban J connectivity index is 1.36. The number of hydrogen-bond donors (Lipinski definition) is 2. The Morgan fingerprint density at radius 3 is 2.62 bits per heavy atom. The minimum Gasteiger partial charge on any atom is -0.352 e. The number of aryl methyl sites for hydroxylation is 2. The molecule has 0 radical (unpaired) electrons. The molecule has 0 fully saturated rings. The van der Waals surface area contributed by atoms with Gasteiger partial charge in [-0.2, -0.15) is 0 Å². The molecule has 2 aromatic heterocycles. The Kier molecular flexibility index (Phi) is 5.20. The number of benzene rings is 2. The van der Waals surface area contributed by atoms with E-state index in [-0.39, 0.29) is 5.56 Å². The fourth-order valence-corrected chi connectivity index (χ4v) is 3.26. The maximum atomic E-state index is 12.3. The van der Waals surface area contributed by atoms with E-state index in [1.807, 2.05) is 61.6 Å². The van der Waals surface area contributed by atoms with Gasteiger partial charge in [0.05, 0.1) is 11.0 Å². The third kappa shape index (κ3) is 3.94. The number of carbonyl (C=O) groups is 1. The Hall–Kier alpha value is -3.74. The summed E-state index contributed by atoms with van der Waals surface area (Å²) in [6.07, 6.45) is 2.77. The zero-order chi connectivity index (χ0) is 20.2. The summed E-state index contributed by atoms with van der Waals surface area (Å²) < 4.78 is 2.06. The van der Waals surface area contributed by atoms with E-state index >= 15 is 0 Å². The van der Waals surface area contributed by atoms with Gasteiger partial charge in [-0.1, -0.05) is 42.5 Å². The minimum absolute atomic E-state index is 0.00686. The number of rotatable bonds is 6. The van der Waals surface area contributed by atoms with Crippen molar-refractivity contribution in [2.75, 3.05) is 6.54 Å². The van der Waals surface area contributed by atoms with Crippen LogP contribution in [0.3, 0.4) is 0 Å². The first-order valence-electron chi connectivity index (χ1n) is 9.47. The highest BCUT2D eigenvalue weighted by molar-refractivity contribution is 5.93. The van der Waals surface area contributed by atoms with E-state index < -0.39 is 11.5 Å². The number of amides is 1. The van der Waals surface area contributed by atoms with Gasteiger partial charge in [-0.3, -0.25) is 9.59 Å². The van der Waals surface area contributed by atoms with E-state index in [1.165, 1.54) is 6.20 Å². The normalized spacial score (nSPS) is 10.9. The van der Waals surface area contributed by atoms with Crippen LogP contribution in [-0.2, 0) is 13.5 Å². The summed E-state index contributed by atoms with van der Waals surface area (Å²) in [5.41, 5.74) is 2.39. The smallest absolute Gasteiger partial charge is 0.264 e. The molecule has 0 saturated carbocycles. The number of aromatic amines is 1. The molecule has 0 aliphatic rings. The summed E-state index contributed by atoms with van der Waals surface area (Å²) in [5, 5.41) is 2.79. The molecule has 4 aromatic rings. The van der Waals surface area contributed by atoms with Crippen molar-refractivity contribution in [3.8, 4) is 11.4 Å². The molecule has 0 aliphatic heterocycles. The van der Waals surface area contributed by atoms with Gasteiger partial charge >= 0.3 is 0 Å². The first-order valence-corrected chi connectivity index (χ1v) is 9.47. The van der Waals surface area contributed by atoms with Crippen molar-refractivity contribution in [3.05, 3.63) is 82.5 Å². The van der Waals surface area contributed by atoms with Crippen LogP contribution in [0.15, 0.2) is 65.6 Å². The third-order valence-electron chi connectivity index (χ3n) is 4.83. The van der Waals surface area contributed by atoms with Gasteiger partial charge in [0.1, 0.15) is 17.2 Å². The predicted molar refractivity (Wildman–Crippen MR) is 112 cm³/mol. The molecule has 0 bridgehead atoms. The second kappa shape index (κ2) is 8.10. The highest BCUT2D eigenvalue weighted by Gasteiger charge is 2.12. The summed E-state index contributed by atoms with van der Waals surface area (Å²) in [6, 6.07) is 17.3. The van der Waals surface area contributed by atoms with Crippen LogP contribution in [0.25, 0.3) is 22.4 Å². The minimum atomic E-state index is -0.452. The average molecular weight is 387 g/mol. The molecular weight excluding hydrogens is 366 g/mol. The highest BCUT2D eigenvalue weighted by Crippen LogP contribution is 2.15. The predicted octanol–water partition coefficient (Wildman–Crippen LogP) is 2.69. The first kappa shape index (κ1) is 18.6. The molecule has 2 N–H and O–H groups in total. The molecule has 0 spiro atoms. The fourth-order valence-electron chi connectivity index (χ4n) is 3.26. The van der Waals surface area contributed by atoms with Gasteiger partial charge in [-0.05, 0) is 18.6 Å². The zero-order valence-corrected chi connectivity index (χ0v) is 16.1. The molecule has 7 nitrogen and oxygen atoms in total. The van der Waals surface area contributed by atoms with Crippen LogP contribution in [-0.4, -0.2) is 32.0 Å². The van der Waals surface area contributed by atoms with Crippen LogP contribution >= 0.6 is 0 Å². The lowest BCUT2D eigenvalue weighted by molar-refractivity contribution is 0.0951. The van der Waals surface area contributed by atoms with E-state index in [0.29, 0.717) is 12.4 Å². The second-order valence-corrected chi connectivity index (χ2v) is 6.78. The van der Waals surface area contributed by atoms with Gasteiger partial charge in [-0.25, -0.2) is 9.97 Å². The van der Waals surface area contributed by atoms with E-state index in [9.17, 15) is 9.59 Å². The molecule has 1 amide bonds. The van der Waals surface area contributed by atoms with Crippen molar-refractivity contribution in [2.24, 2.45) is 7.05 Å². The molecule has 2 heterocycles. The third-order valence-corrected chi connectivity index (χ3v) is 4.83. The van der Waals surface area contributed by atoms with Crippen LogP contribution in [0.2, 0.25) is 0 Å². The number of hydrogen-bond acceptors (Lipinski definition) is 4. The summed E-state index contributed by atoms with van der Waals surface area (Å²) in [6.45, 7) is 0.446. The van der Waals surface area contributed by atoms with Gasteiger partial charge in [-0.15, -0.1) is 0 Å². The van der Waals surface area contributed by atoms with E-state index in [4.69, 9.17) is 0 Å². The van der Waals surface area contributed by atoms with Crippen molar-refractivity contribution in [3.63, 3.8) is 0 Å². The van der Waals surface area contributed by atoms with Gasteiger partial charge in [0.25, 0.3) is 11.5 Å². The van der Waals surface area contributed by atoms with Gasteiger partial charge < -0.3 is 14.9 Å². The number of H-pyrrole nitrogens is 1. The molecule has 0 unspecified atom stereocenters. The molecule has 0 atom stereocenters. The number of carbonyl (C=O) groups excluding carboxylic acids is 1. The van der Waals surface area contributed by atoms with Crippen LogP contribution in [0, 0.1) is 0 Å². The highest BCUT2D eigenvalue weighted by atomic mass is 16.2. The van der Waals surface area contributed by atoms with Crippen molar-refractivity contribution >= 4 is 16.9 Å². The zero-order valence-electron chi connectivity index (χ0n) is 16.1. The van der Waals surface area contributed by atoms with Crippen LogP contribution < -0.4 is 10.9 Å². The van der Waals surface area contributed by atoms with Gasteiger partial charge in [0.15, 0.2) is 0 Å². The summed E-state index contributed by atoms with van der Waals surface area (Å²) in [7, 11) is 1.99. The topological polar surface area (TPSA) is 92.7 Å². The summed E-state index contributed by atoms with van der Waals surface area (Å²) in [4.78, 5) is 36.1. The number of para-hydroxylation sites is 2. The van der Waals surface area contributed by atoms with Crippen LogP contribution in [0.1, 0.15) is 22.6 Å². The Bertz CT molecular complexity index is 1210. The SMILES string of the molecule is Cn1c(CCCNC(=O)c2cnc(-c3ccccc3)[nH]c2=O)nc2ccccc21. The summed E-state index contributed by atoms with van der Waals surface area (Å²) in [5.74, 6) is 0.976. The maximum absolute atomic E-state index is 12.3. The molecule has 4 rings (SSSR count). The lowest BCUT2D eigenvalue weighted by Gasteiger charge is -2.06. The first-order chi connectivity index (χ1) is 14.1. The Labute approximate surface area is 167 Å². The van der Waals surface area contributed by atoms with Crippen molar-refractivity contribution in [1.29, 1.82) is 0 Å². The number of fused-ring (bicyclic) bond motifs is 1. The van der Waals surface area contributed by atoms with Crippen molar-refractivity contribution in [1.82, 2.24) is 24.8 Å².